The topological polar surface area (TPSA) is 82.5 Å². The van der Waals surface area contributed by atoms with Gasteiger partial charge in [-0.1, -0.05) is 30.3 Å². The summed E-state index contributed by atoms with van der Waals surface area (Å²) in [5.41, 5.74) is 2.08. The molecule has 0 saturated carbocycles. The van der Waals surface area contributed by atoms with Crippen molar-refractivity contribution in [3.8, 4) is 0 Å². The monoisotopic (exact) mass is 461 g/mol. The van der Waals surface area contributed by atoms with Crippen LogP contribution in [0.3, 0.4) is 0 Å². The molecule has 1 aliphatic carbocycles. The lowest BCUT2D eigenvalue weighted by Crippen LogP contribution is -2.47. The van der Waals surface area contributed by atoms with Gasteiger partial charge >= 0.3 is 6.09 Å². The summed E-state index contributed by atoms with van der Waals surface area (Å²) < 4.78 is 5.71. The van der Waals surface area contributed by atoms with E-state index in [1.807, 2.05) is 44.2 Å². The molecule has 0 radical (unpaired) electrons. The van der Waals surface area contributed by atoms with Crippen LogP contribution in [0.25, 0.3) is 0 Å². The minimum Gasteiger partial charge on any atom is -0.445 e. The molecule has 0 atom stereocenters. The number of carbonyl (C=O) groups excluding carboxylic acids is 2. The van der Waals surface area contributed by atoms with Crippen molar-refractivity contribution >= 4 is 32.4 Å². The van der Waals surface area contributed by atoms with Crippen LogP contribution in [0.4, 0.5) is 4.79 Å². The van der Waals surface area contributed by atoms with Crippen molar-refractivity contribution in [2.75, 3.05) is 13.1 Å². The highest BCUT2D eigenvalue weighted by Crippen LogP contribution is 2.45. The highest BCUT2D eigenvalue weighted by atomic mass is 79.9. The molecular formula is C22H28BrN3O3. The number of allylic oxidation sites excluding steroid dienone is 2. The number of Topliss-reactive ketones (excluding diaryl/α,β-unsaturated/α-hetero) is 1. The molecule has 7 heteroatoms. The smallest absolute Gasteiger partial charge is 0.410 e. The zero-order valence-electron chi connectivity index (χ0n) is 17.0. The number of hydrogen-bond donors (Lipinski definition) is 2. The molecule has 2 aliphatic rings. The van der Waals surface area contributed by atoms with Gasteiger partial charge in [-0.15, -0.1) is 0 Å². The first-order chi connectivity index (χ1) is 13.8. The predicted molar refractivity (Wildman–Crippen MR) is 116 cm³/mol. The van der Waals surface area contributed by atoms with Crippen LogP contribution in [0.15, 0.2) is 41.6 Å². The lowest BCUT2D eigenvalue weighted by molar-refractivity contribution is -0.119. The number of ether oxygens (including phenoxy) is 1. The normalized spacial score (nSPS) is 18.9. The molecule has 1 heterocycles. The van der Waals surface area contributed by atoms with E-state index in [0.29, 0.717) is 31.6 Å². The maximum absolute atomic E-state index is 12.8. The van der Waals surface area contributed by atoms with Gasteiger partial charge in [-0.05, 0) is 60.0 Å². The average molecular weight is 462 g/mol. The van der Waals surface area contributed by atoms with Gasteiger partial charge in [0.05, 0.1) is 5.70 Å². The number of nitrogens with zero attached hydrogens (tertiary/aromatic N) is 1. The minimum absolute atomic E-state index is 0.0595. The molecule has 0 unspecified atom stereocenters. The highest BCUT2D eigenvalue weighted by molar-refractivity contribution is 9.18. The Bertz CT molecular complexity index is 812. The Balaban J connectivity index is 1.62. The van der Waals surface area contributed by atoms with Crippen molar-refractivity contribution in [1.82, 2.24) is 10.2 Å². The zero-order valence-corrected chi connectivity index (χ0v) is 18.5. The fraction of sp³-hybridized carbons (Fsp3) is 0.500. The summed E-state index contributed by atoms with van der Waals surface area (Å²) in [4.78, 5) is 27.0. The van der Waals surface area contributed by atoms with E-state index >= 15 is 0 Å². The van der Waals surface area contributed by atoms with Crippen LogP contribution in [-0.2, 0) is 16.1 Å². The fourth-order valence-corrected chi connectivity index (χ4v) is 4.43. The lowest BCUT2D eigenvalue weighted by atomic mass is 9.67. The van der Waals surface area contributed by atoms with E-state index in [2.05, 4.69) is 21.2 Å². The van der Waals surface area contributed by atoms with Crippen LogP contribution < -0.4 is 5.32 Å². The van der Waals surface area contributed by atoms with Crippen molar-refractivity contribution in [2.45, 2.75) is 52.2 Å². The van der Waals surface area contributed by atoms with E-state index in [4.69, 9.17) is 10.1 Å². The molecule has 0 bridgehead atoms. The first-order valence-electron chi connectivity index (χ1n) is 10.0. The van der Waals surface area contributed by atoms with Gasteiger partial charge in [-0.2, -0.15) is 0 Å². The summed E-state index contributed by atoms with van der Waals surface area (Å²) >= 11 is 3.27. The third kappa shape index (κ3) is 5.26. The number of rotatable bonds is 5. The molecule has 29 heavy (non-hydrogen) atoms. The van der Waals surface area contributed by atoms with Crippen molar-refractivity contribution in [2.24, 2.45) is 5.41 Å². The molecular weight excluding hydrogens is 434 g/mol. The van der Waals surface area contributed by atoms with Crippen LogP contribution in [0.5, 0.6) is 0 Å². The van der Waals surface area contributed by atoms with Crippen molar-refractivity contribution in [3.63, 3.8) is 0 Å². The molecule has 3 rings (SSSR count). The Kier molecular flexibility index (Phi) is 6.77. The van der Waals surface area contributed by atoms with Gasteiger partial charge < -0.3 is 15.0 Å². The van der Waals surface area contributed by atoms with Crippen molar-refractivity contribution in [3.05, 3.63) is 47.2 Å². The molecule has 0 aromatic heterocycles. The standard InChI is InChI=1S/C22H28BrN3O3/c1-15(2)25-19-17(20(23)24)12-22(13-18(19)27)8-10-26(11-9-22)21(28)29-14-16-6-4-3-5-7-16/h3-7,15,24-25H,8-14H2,1-2H3. The predicted octanol–water partition coefficient (Wildman–Crippen LogP) is 4.39. The molecule has 1 fully saturated rings. The number of piperidine rings is 1. The first kappa shape index (κ1) is 21.6. The molecule has 1 amide bonds. The number of amides is 1. The second-order valence-corrected chi connectivity index (χ2v) is 9.06. The fourth-order valence-electron chi connectivity index (χ4n) is 4.09. The number of carbonyl (C=O) groups is 2. The maximum Gasteiger partial charge on any atom is 0.410 e. The van der Waals surface area contributed by atoms with Gasteiger partial charge in [0.25, 0.3) is 0 Å². The third-order valence-corrected chi connectivity index (χ3v) is 6.13. The molecule has 6 nitrogen and oxygen atoms in total. The summed E-state index contributed by atoms with van der Waals surface area (Å²) in [6.45, 7) is 5.37. The Hall–Kier alpha value is -2.15. The largest absolute Gasteiger partial charge is 0.445 e. The van der Waals surface area contributed by atoms with E-state index in [0.717, 1.165) is 24.0 Å². The van der Waals surface area contributed by atoms with Gasteiger partial charge in [-0.25, -0.2) is 4.79 Å². The molecule has 156 valence electrons. The van der Waals surface area contributed by atoms with E-state index in [9.17, 15) is 9.59 Å². The SMILES string of the molecule is CC(C)NC1=C(C(=N)Br)CC2(CCN(C(=O)OCc3ccccc3)CC2)CC1=O. The Morgan fingerprint density at radius 3 is 2.48 bits per heavy atom. The van der Waals surface area contributed by atoms with E-state index in [1.54, 1.807) is 4.90 Å². The van der Waals surface area contributed by atoms with Gasteiger partial charge in [0.2, 0.25) is 0 Å². The molecule has 1 spiro atoms. The quantitative estimate of drug-likeness (QED) is 0.636. The summed E-state index contributed by atoms with van der Waals surface area (Å²) in [7, 11) is 0. The number of likely N-dealkylation sites (tertiary alicyclic amines) is 1. The van der Waals surface area contributed by atoms with Crippen molar-refractivity contribution in [1.29, 1.82) is 5.41 Å². The Morgan fingerprint density at radius 2 is 1.90 bits per heavy atom. The summed E-state index contributed by atoms with van der Waals surface area (Å²) in [5.74, 6) is 0.0595. The second-order valence-electron chi connectivity index (χ2n) is 8.27. The molecule has 1 aliphatic heterocycles. The summed E-state index contributed by atoms with van der Waals surface area (Å²) in [6, 6.07) is 9.76. The number of nitrogens with one attached hydrogen (secondary N) is 2. The second kappa shape index (κ2) is 9.11. The Labute approximate surface area is 180 Å². The van der Waals surface area contributed by atoms with Gasteiger partial charge in [0.1, 0.15) is 11.2 Å². The number of benzene rings is 1. The van der Waals surface area contributed by atoms with Gasteiger partial charge in [0.15, 0.2) is 5.78 Å². The van der Waals surface area contributed by atoms with Gasteiger partial charge in [-0.3, -0.25) is 10.2 Å². The number of halogens is 1. The number of hydrogen-bond acceptors (Lipinski definition) is 5. The maximum atomic E-state index is 12.8. The third-order valence-electron chi connectivity index (χ3n) is 5.65. The molecule has 1 aromatic rings. The van der Waals surface area contributed by atoms with Crippen LogP contribution in [-0.4, -0.2) is 40.5 Å². The summed E-state index contributed by atoms with van der Waals surface area (Å²) in [5, 5.41) is 11.3. The minimum atomic E-state index is -0.308. The first-order valence-corrected chi connectivity index (χ1v) is 10.8. The highest BCUT2D eigenvalue weighted by Gasteiger charge is 2.43. The molecule has 1 aromatic carbocycles. The van der Waals surface area contributed by atoms with Crippen LogP contribution in [0, 0.1) is 10.8 Å². The van der Waals surface area contributed by atoms with E-state index < -0.39 is 0 Å². The van der Waals surface area contributed by atoms with Crippen molar-refractivity contribution < 1.29 is 14.3 Å². The lowest BCUT2D eigenvalue weighted by Gasteiger charge is -2.44. The van der Waals surface area contributed by atoms with E-state index in [1.165, 1.54) is 0 Å². The van der Waals surface area contributed by atoms with Gasteiger partial charge in [0, 0.05) is 31.1 Å². The average Bonchev–Trinajstić information content (AvgIpc) is 2.69. The molecule has 2 N–H and O–H groups in total. The van der Waals surface area contributed by atoms with E-state index in [-0.39, 0.29) is 34.6 Å². The van der Waals surface area contributed by atoms with Crippen LogP contribution in [0.2, 0.25) is 0 Å². The number of ketones is 1. The van der Waals surface area contributed by atoms with Crippen LogP contribution >= 0.6 is 15.9 Å². The zero-order chi connectivity index (χ0) is 21.0. The Morgan fingerprint density at radius 1 is 1.24 bits per heavy atom. The molecule has 1 saturated heterocycles. The summed E-state index contributed by atoms with van der Waals surface area (Å²) in [6.07, 6.45) is 2.29. The van der Waals surface area contributed by atoms with Crippen LogP contribution in [0.1, 0.15) is 45.1 Å².